The molecule has 2 atom stereocenters. The molecule has 3 nitrogen and oxygen atoms in total. The molecule has 0 saturated heterocycles. The fraction of sp³-hybridized carbons (Fsp3) is 0.407. The van der Waals surface area contributed by atoms with E-state index < -0.39 is 6.10 Å². The van der Waals surface area contributed by atoms with E-state index in [2.05, 4.69) is 37.8 Å². The lowest BCUT2D eigenvalue weighted by atomic mass is 9.95. The average molecular weight is 409 g/mol. The maximum Gasteiger partial charge on any atom is 0.0785 e. The molecule has 30 heavy (non-hydrogen) atoms. The molecule has 0 amide bonds. The van der Waals surface area contributed by atoms with Crippen molar-refractivity contribution in [2.45, 2.75) is 51.9 Å². The van der Waals surface area contributed by atoms with E-state index in [-0.39, 0.29) is 5.92 Å². The van der Waals surface area contributed by atoms with Crippen molar-refractivity contribution < 1.29 is 14.6 Å². The van der Waals surface area contributed by atoms with Gasteiger partial charge in [-0.15, -0.1) is 6.58 Å². The molecule has 1 N–H and O–H groups in total. The summed E-state index contributed by atoms with van der Waals surface area (Å²) in [7, 11) is 0. The molecule has 162 valence electrons. The van der Waals surface area contributed by atoms with Gasteiger partial charge in [-0.1, -0.05) is 78.4 Å². The van der Waals surface area contributed by atoms with Crippen LogP contribution < -0.4 is 0 Å². The van der Waals surface area contributed by atoms with Gasteiger partial charge in [-0.25, -0.2) is 0 Å². The van der Waals surface area contributed by atoms with Gasteiger partial charge in [-0.2, -0.15) is 0 Å². The first-order valence-corrected chi connectivity index (χ1v) is 10.9. The summed E-state index contributed by atoms with van der Waals surface area (Å²) in [5.41, 5.74) is 3.57. The van der Waals surface area contributed by atoms with Crippen LogP contribution in [-0.2, 0) is 22.7 Å². The van der Waals surface area contributed by atoms with Gasteiger partial charge < -0.3 is 14.6 Å². The van der Waals surface area contributed by atoms with Crippen LogP contribution in [0.15, 0.2) is 85.0 Å². The van der Waals surface area contributed by atoms with Crippen LogP contribution in [0.5, 0.6) is 0 Å². The van der Waals surface area contributed by atoms with Gasteiger partial charge in [0.1, 0.15) is 0 Å². The highest BCUT2D eigenvalue weighted by Crippen LogP contribution is 2.17. The van der Waals surface area contributed by atoms with Crippen LogP contribution in [0.4, 0.5) is 0 Å². The highest BCUT2D eigenvalue weighted by molar-refractivity contribution is 5.14. The zero-order valence-electron chi connectivity index (χ0n) is 18.2. The third-order valence-corrected chi connectivity index (χ3v) is 5.11. The zero-order valence-corrected chi connectivity index (χ0v) is 18.2. The van der Waals surface area contributed by atoms with Gasteiger partial charge in [0.2, 0.25) is 0 Å². The molecule has 3 heteroatoms. The normalized spacial score (nSPS) is 13.7. The summed E-state index contributed by atoms with van der Waals surface area (Å²) in [6.07, 6.45) is 6.97. The third-order valence-electron chi connectivity index (χ3n) is 5.11. The summed E-state index contributed by atoms with van der Waals surface area (Å²) < 4.78 is 11.5. The van der Waals surface area contributed by atoms with E-state index in [9.17, 15) is 5.11 Å². The minimum Gasteiger partial charge on any atom is -0.388 e. The lowest BCUT2D eigenvalue weighted by molar-refractivity contribution is 0.106. The molecule has 0 unspecified atom stereocenters. The molecule has 0 bridgehead atoms. The first kappa shape index (κ1) is 24.1. The number of benzene rings is 2. The number of rotatable bonds is 15. The molecular weight excluding hydrogens is 372 g/mol. The highest BCUT2D eigenvalue weighted by Gasteiger charge is 2.13. The van der Waals surface area contributed by atoms with Gasteiger partial charge in [0.15, 0.2) is 0 Å². The van der Waals surface area contributed by atoms with Crippen molar-refractivity contribution >= 4 is 0 Å². The van der Waals surface area contributed by atoms with Gasteiger partial charge in [0, 0.05) is 19.1 Å². The second kappa shape index (κ2) is 14.7. The molecule has 0 fully saturated rings. The summed E-state index contributed by atoms with van der Waals surface area (Å²) in [6, 6.07) is 20.4. The molecule has 0 spiro atoms. The summed E-state index contributed by atoms with van der Waals surface area (Å²) >= 11 is 0. The average Bonchev–Trinajstić information content (AvgIpc) is 2.77. The van der Waals surface area contributed by atoms with Crippen molar-refractivity contribution in [3.63, 3.8) is 0 Å². The van der Waals surface area contributed by atoms with Crippen LogP contribution in [0.25, 0.3) is 0 Å². The molecule has 0 aliphatic heterocycles. The van der Waals surface area contributed by atoms with Gasteiger partial charge in [-0.05, 0) is 43.7 Å². The van der Waals surface area contributed by atoms with Crippen LogP contribution in [0.2, 0.25) is 0 Å². The Labute approximate surface area is 182 Å². The number of hydrogen-bond donors (Lipinski definition) is 1. The second-order valence-electron chi connectivity index (χ2n) is 7.73. The highest BCUT2D eigenvalue weighted by atomic mass is 16.5. The van der Waals surface area contributed by atoms with Crippen LogP contribution in [0.1, 0.15) is 43.7 Å². The number of allylic oxidation sites excluding steroid dienone is 1. The molecule has 2 aromatic carbocycles. The summed E-state index contributed by atoms with van der Waals surface area (Å²) in [5.74, 6) is 0.0506. The van der Waals surface area contributed by atoms with E-state index in [1.165, 1.54) is 16.7 Å². The Kier molecular flexibility index (Phi) is 11.8. The molecule has 0 aliphatic carbocycles. The predicted octanol–water partition coefficient (Wildman–Crippen LogP) is 6.09. The maximum absolute atomic E-state index is 10.5. The predicted molar refractivity (Wildman–Crippen MR) is 124 cm³/mol. The van der Waals surface area contributed by atoms with Crippen molar-refractivity contribution in [2.75, 3.05) is 13.2 Å². The molecule has 2 aromatic rings. The van der Waals surface area contributed by atoms with E-state index in [4.69, 9.17) is 9.47 Å². The monoisotopic (exact) mass is 408 g/mol. The number of aliphatic hydroxyl groups excluding tert-OH is 1. The zero-order chi connectivity index (χ0) is 21.4. The van der Waals surface area contributed by atoms with Crippen LogP contribution in [0.3, 0.4) is 0 Å². The van der Waals surface area contributed by atoms with Crippen molar-refractivity contribution in [1.82, 2.24) is 0 Å². The molecular formula is C27H36O3. The SMILES string of the molecule is C=C[C@@H](CCCOCc1ccccc1)[C@H](O)/C=C(\C)CCCOCc1ccccc1. The second-order valence-corrected chi connectivity index (χ2v) is 7.73. The van der Waals surface area contributed by atoms with Gasteiger partial charge >= 0.3 is 0 Å². The topological polar surface area (TPSA) is 38.7 Å². The van der Waals surface area contributed by atoms with Crippen molar-refractivity contribution in [3.8, 4) is 0 Å². The minimum atomic E-state index is -0.498. The summed E-state index contributed by atoms with van der Waals surface area (Å²) in [5, 5.41) is 10.5. The Hall–Kier alpha value is -2.20. The lowest BCUT2D eigenvalue weighted by Crippen LogP contribution is -2.17. The van der Waals surface area contributed by atoms with E-state index in [1.54, 1.807) is 0 Å². The Bertz CT molecular complexity index is 724. The smallest absolute Gasteiger partial charge is 0.0785 e. The first-order valence-electron chi connectivity index (χ1n) is 10.9. The van der Waals surface area contributed by atoms with Gasteiger partial charge in [0.05, 0.1) is 19.3 Å². The minimum absolute atomic E-state index is 0.0506. The first-order chi connectivity index (χ1) is 14.7. The fourth-order valence-electron chi connectivity index (χ4n) is 3.33. The molecule has 0 saturated carbocycles. The molecule has 0 aromatic heterocycles. The standard InChI is InChI=1S/C27H36O3/c1-3-26(17-11-19-30-22-25-15-8-5-9-16-25)27(28)20-23(2)12-10-18-29-21-24-13-6-4-7-14-24/h3-9,13-16,20,26-28H,1,10-12,17-19,21-22H2,2H3/b23-20+/t26-,27+/m0/s1. The van der Waals surface area contributed by atoms with Crippen molar-refractivity contribution in [3.05, 3.63) is 96.1 Å². The summed E-state index contributed by atoms with van der Waals surface area (Å²) in [4.78, 5) is 0. The van der Waals surface area contributed by atoms with Gasteiger partial charge in [0.25, 0.3) is 0 Å². The van der Waals surface area contributed by atoms with Crippen molar-refractivity contribution in [1.29, 1.82) is 0 Å². The van der Waals surface area contributed by atoms with E-state index in [0.29, 0.717) is 19.8 Å². The molecule has 2 rings (SSSR count). The maximum atomic E-state index is 10.5. The Morgan fingerprint density at radius 1 is 0.900 bits per heavy atom. The number of aliphatic hydroxyl groups is 1. The molecule has 0 radical (unpaired) electrons. The lowest BCUT2D eigenvalue weighted by Gasteiger charge is -2.18. The third kappa shape index (κ3) is 10.0. The summed E-state index contributed by atoms with van der Waals surface area (Å²) in [6.45, 7) is 8.67. The largest absolute Gasteiger partial charge is 0.388 e. The van der Waals surface area contributed by atoms with Crippen LogP contribution in [0, 0.1) is 5.92 Å². The number of ether oxygens (including phenoxy) is 2. The van der Waals surface area contributed by atoms with E-state index in [0.717, 1.165) is 32.3 Å². The van der Waals surface area contributed by atoms with E-state index >= 15 is 0 Å². The van der Waals surface area contributed by atoms with Gasteiger partial charge in [-0.3, -0.25) is 0 Å². The molecule has 0 heterocycles. The quantitative estimate of drug-likeness (QED) is 0.286. The Morgan fingerprint density at radius 3 is 1.97 bits per heavy atom. The van der Waals surface area contributed by atoms with Crippen LogP contribution >= 0.6 is 0 Å². The number of hydrogen-bond acceptors (Lipinski definition) is 3. The fourth-order valence-corrected chi connectivity index (χ4v) is 3.33. The Morgan fingerprint density at radius 2 is 1.43 bits per heavy atom. The van der Waals surface area contributed by atoms with Crippen LogP contribution in [-0.4, -0.2) is 24.4 Å². The molecule has 0 aliphatic rings. The Balaban J connectivity index is 1.59. The van der Waals surface area contributed by atoms with E-state index in [1.807, 2.05) is 48.6 Å². The van der Waals surface area contributed by atoms with Crippen molar-refractivity contribution in [2.24, 2.45) is 5.92 Å².